The zero-order valence-corrected chi connectivity index (χ0v) is 9.86. The van der Waals surface area contributed by atoms with Gasteiger partial charge in [0, 0.05) is 5.92 Å². The fourth-order valence-electron chi connectivity index (χ4n) is 3.26. The molecule has 2 saturated carbocycles. The topological polar surface area (TPSA) is 43.4 Å². The number of Topliss-reactive ketones (excluding diaryl/α,β-unsaturated/α-hetero) is 1. The van der Waals surface area contributed by atoms with E-state index in [1.165, 1.54) is 7.11 Å². The third kappa shape index (κ3) is 1.41. The Bertz CT molecular complexity index is 345. The summed E-state index contributed by atoms with van der Waals surface area (Å²) in [7, 11) is 1.37. The summed E-state index contributed by atoms with van der Waals surface area (Å²) in [6.07, 6.45) is 7.20. The van der Waals surface area contributed by atoms with Crippen molar-refractivity contribution in [3.05, 3.63) is 12.2 Å². The number of methoxy groups -OCH3 is 1. The van der Waals surface area contributed by atoms with Crippen molar-refractivity contribution in [3.63, 3.8) is 0 Å². The van der Waals surface area contributed by atoms with Crippen LogP contribution in [0.5, 0.6) is 0 Å². The molecule has 0 aromatic rings. The molecule has 0 aliphatic heterocycles. The molecule has 88 valence electrons. The van der Waals surface area contributed by atoms with Gasteiger partial charge in [0.25, 0.3) is 0 Å². The van der Waals surface area contributed by atoms with Crippen LogP contribution in [-0.4, -0.2) is 18.9 Å². The number of hydrogen-bond acceptors (Lipinski definition) is 3. The maximum absolute atomic E-state index is 12.3. The van der Waals surface area contributed by atoms with E-state index in [1.54, 1.807) is 0 Å². The third-order valence-electron chi connectivity index (χ3n) is 4.13. The van der Waals surface area contributed by atoms with Gasteiger partial charge in [-0.25, -0.2) is 0 Å². The molecule has 0 amide bonds. The molecule has 3 nitrogen and oxygen atoms in total. The number of fused-ring (bicyclic) bond motifs is 2. The lowest BCUT2D eigenvalue weighted by molar-refractivity contribution is -0.159. The van der Waals surface area contributed by atoms with Gasteiger partial charge in [-0.05, 0) is 38.5 Å². The first kappa shape index (κ1) is 11.4. The zero-order chi connectivity index (χ0) is 11.8. The van der Waals surface area contributed by atoms with Crippen LogP contribution in [0, 0.1) is 17.3 Å². The zero-order valence-electron chi connectivity index (χ0n) is 9.86. The minimum Gasteiger partial charge on any atom is -0.468 e. The van der Waals surface area contributed by atoms with Crippen LogP contribution in [0.1, 0.15) is 32.6 Å². The highest BCUT2D eigenvalue weighted by Gasteiger charge is 2.58. The first-order valence-corrected chi connectivity index (χ1v) is 5.91. The fraction of sp³-hybridized carbons (Fsp3) is 0.692. The minimum absolute atomic E-state index is 0.0454. The van der Waals surface area contributed by atoms with Gasteiger partial charge in [-0.3, -0.25) is 9.59 Å². The van der Waals surface area contributed by atoms with Crippen molar-refractivity contribution >= 4 is 11.8 Å². The van der Waals surface area contributed by atoms with Crippen molar-refractivity contribution in [2.24, 2.45) is 17.3 Å². The van der Waals surface area contributed by atoms with E-state index < -0.39 is 5.41 Å². The van der Waals surface area contributed by atoms with E-state index >= 15 is 0 Å². The molecule has 3 atom stereocenters. The van der Waals surface area contributed by atoms with Crippen molar-refractivity contribution < 1.29 is 14.3 Å². The summed E-state index contributed by atoms with van der Waals surface area (Å²) in [5, 5.41) is 0. The summed E-state index contributed by atoms with van der Waals surface area (Å²) < 4.78 is 4.80. The molecule has 2 rings (SSSR count). The van der Waals surface area contributed by atoms with Crippen LogP contribution in [0.2, 0.25) is 0 Å². The summed E-state index contributed by atoms with van der Waals surface area (Å²) in [5.41, 5.74) is -0.794. The second-order valence-electron chi connectivity index (χ2n) is 4.81. The lowest BCUT2D eigenvalue weighted by atomic mass is 9.70. The summed E-state index contributed by atoms with van der Waals surface area (Å²) >= 11 is 0. The van der Waals surface area contributed by atoms with E-state index in [1.807, 2.05) is 13.0 Å². The molecule has 0 N–H and O–H groups in total. The Morgan fingerprint density at radius 1 is 1.44 bits per heavy atom. The molecule has 2 fully saturated rings. The number of rotatable bonds is 2. The van der Waals surface area contributed by atoms with E-state index in [4.69, 9.17) is 4.74 Å². The molecule has 2 bridgehead atoms. The first-order chi connectivity index (χ1) is 7.65. The molecule has 0 heterocycles. The van der Waals surface area contributed by atoms with Crippen molar-refractivity contribution in [2.45, 2.75) is 32.6 Å². The average Bonchev–Trinajstić information content (AvgIpc) is 2.50. The summed E-state index contributed by atoms with van der Waals surface area (Å²) in [4.78, 5) is 24.0. The Morgan fingerprint density at radius 2 is 2.12 bits per heavy atom. The molecule has 2 aliphatic rings. The van der Waals surface area contributed by atoms with Crippen LogP contribution < -0.4 is 0 Å². The molecule has 16 heavy (non-hydrogen) atoms. The van der Waals surface area contributed by atoms with Gasteiger partial charge in [-0.15, -0.1) is 0 Å². The summed E-state index contributed by atoms with van der Waals surface area (Å²) in [5.74, 6) is 0.175. The highest BCUT2D eigenvalue weighted by atomic mass is 16.5. The lowest BCUT2D eigenvalue weighted by Gasteiger charge is -2.32. The number of ketones is 1. The number of ether oxygens (including phenoxy) is 1. The molecule has 0 aromatic carbocycles. The Labute approximate surface area is 95.9 Å². The molecular formula is C13H18O3. The molecule has 0 spiro atoms. The van der Waals surface area contributed by atoms with E-state index in [9.17, 15) is 9.59 Å². The predicted octanol–water partition coefficient (Wildman–Crippen LogP) is 2.11. The second-order valence-corrected chi connectivity index (χ2v) is 4.81. The average molecular weight is 222 g/mol. The van der Waals surface area contributed by atoms with E-state index in [2.05, 4.69) is 6.08 Å². The van der Waals surface area contributed by atoms with E-state index in [0.717, 1.165) is 12.8 Å². The van der Waals surface area contributed by atoms with Crippen LogP contribution in [-0.2, 0) is 14.3 Å². The number of carbonyl (C=O) groups is 2. The largest absolute Gasteiger partial charge is 0.468 e. The van der Waals surface area contributed by atoms with Crippen LogP contribution in [0.15, 0.2) is 12.2 Å². The molecule has 0 aromatic heterocycles. The summed E-state index contributed by atoms with van der Waals surface area (Å²) in [6, 6.07) is 0. The number of hydrogen-bond donors (Lipinski definition) is 0. The van der Waals surface area contributed by atoms with Crippen molar-refractivity contribution in [2.75, 3.05) is 7.11 Å². The SMILES string of the molecule is C/C=C\[C@@H]1CC[C@]2(C(=O)OC)CC[C@H]1C2=O. The monoisotopic (exact) mass is 222 g/mol. The van der Waals surface area contributed by atoms with Gasteiger partial charge in [0.05, 0.1) is 7.11 Å². The van der Waals surface area contributed by atoms with Crippen LogP contribution >= 0.6 is 0 Å². The van der Waals surface area contributed by atoms with Gasteiger partial charge in [0.15, 0.2) is 5.78 Å². The molecule has 2 aliphatic carbocycles. The van der Waals surface area contributed by atoms with Crippen molar-refractivity contribution in [1.29, 1.82) is 0 Å². The van der Waals surface area contributed by atoms with Gasteiger partial charge in [0.2, 0.25) is 0 Å². The molecule has 0 saturated heterocycles. The summed E-state index contributed by atoms with van der Waals surface area (Å²) in [6.45, 7) is 1.97. The van der Waals surface area contributed by atoms with Crippen molar-refractivity contribution in [3.8, 4) is 0 Å². The predicted molar refractivity (Wildman–Crippen MR) is 59.7 cm³/mol. The highest BCUT2D eigenvalue weighted by molar-refractivity contribution is 6.07. The van der Waals surface area contributed by atoms with Crippen LogP contribution in [0.25, 0.3) is 0 Å². The first-order valence-electron chi connectivity index (χ1n) is 5.91. The second kappa shape index (κ2) is 4.04. The maximum atomic E-state index is 12.3. The van der Waals surface area contributed by atoms with Gasteiger partial charge in [-0.2, -0.15) is 0 Å². The van der Waals surface area contributed by atoms with Crippen molar-refractivity contribution in [1.82, 2.24) is 0 Å². The Morgan fingerprint density at radius 3 is 2.75 bits per heavy atom. The van der Waals surface area contributed by atoms with E-state index in [0.29, 0.717) is 18.8 Å². The molecular weight excluding hydrogens is 204 g/mol. The van der Waals surface area contributed by atoms with Crippen LogP contribution in [0.4, 0.5) is 0 Å². The van der Waals surface area contributed by atoms with E-state index in [-0.39, 0.29) is 17.7 Å². The highest BCUT2D eigenvalue weighted by Crippen LogP contribution is 2.51. The Balaban J connectivity index is 2.25. The smallest absolute Gasteiger partial charge is 0.319 e. The standard InChI is InChI=1S/C13H18O3/c1-3-4-9-5-7-13(12(15)16-2)8-6-10(9)11(13)14/h3-4,9-10H,5-8H2,1-2H3/b4-3-/t9-,10-,13+/m1/s1. The third-order valence-corrected chi connectivity index (χ3v) is 4.13. The minimum atomic E-state index is -0.794. The normalized spacial score (nSPS) is 38.0. The Kier molecular flexibility index (Phi) is 2.87. The molecule has 0 unspecified atom stereocenters. The van der Waals surface area contributed by atoms with Gasteiger partial charge < -0.3 is 4.74 Å². The quantitative estimate of drug-likeness (QED) is 0.408. The van der Waals surface area contributed by atoms with Crippen LogP contribution in [0.3, 0.4) is 0 Å². The lowest BCUT2D eigenvalue weighted by Crippen LogP contribution is -2.43. The van der Waals surface area contributed by atoms with Gasteiger partial charge >= 0.3 is 5.97 Å². The Hall–Kier alpha value is -1.12. The number of esters is 1. The fourth-order valence-corrected chi connectivity index (χ4v) is 3.26. The number of carbonyl (C=O) groups excluding carboxylic acids is 2. The van der Waals surface area contributed by atoms with Gasteiger partial charge in [0.1, 0.15) is 5.41 Å². The maximum Gasteiger partial charge on any atom is 0.319 e. The molecule has 0 radical (unpaired) electrons. The van der Waals surface area contributed by atoms with Gasteiger partial charge in [-0.1, -0.05) is 12.2 Å². The molecule has 3 heteroatoms. The number of allylic oxidation sites excluding steroid dienone is 2.